The molecular weight excluding hydrogens is 382 g/mol. The molecule has 1 N–H and O–H groups in total. The van der Waals surface area contributed by atoms with Crippen LogP contribution in [0, 0.1) is 28.7 Å². The second kappa shape index (κ2) is 7.12. The van der Waals surface area contributed by atoms with Gasteiger partial charge in [0.25, 0.3) is 11.6 Å². The molecule has 10 heteroatoms. The fraction of sp³-hybridized carbons (Fsp3) is 0.0588. The van der Waals surface area contributed by atoms with E-state index in [0.717, 1.165) is 0 Å². The molecule has 0 radical (unpaired) electrons. The average Bonchev–Trinajstić information content (AvgIpc) is 2.98. The normalized spacial score (nSPS) is 10.7. The third kappa shape index (κ3) is 3.77. The minimum absolute atomic E-state index is 0.0956. The Hall–Kier alpha value is -3.33. The lowest BCUT2D eigenvalue weighted by Gasteiger charge is -2.10. The van der Waals surface area contributed by atoms with Crippen molar-refractivity contribution in [2.24, 2.45) is 0 Å². The molecule has 3 aromatic rings. The lowest BCUT2D eigenvalue weighted by Crippen LogP contribution is -2.16. The summed E-state index contributed by atoms with van der Waals surface area (Å²) in [4.78, 5) is 22.6. The lowest BCUT2D eigenvalue weighted by atomic mass is 10.2. The van der Waals surface area contributed by atoms with Gasteiger partial charge in [0.15, 0.2) is 11.6 Å². The molecule has 1 amide bonds. The van der Waals surface area contributed by atoms with Crippen LogP contribution in [0.15, 0.2) is 42.5 Å². The summed E-state index contributed by atoms with van der Waals surface area (Å²) in [6.07, 6.45) is 0. The number of nitrogens with one attached hydrogen (secondary N) is 1. The zero-order chi connectivity index (χ0) is 19.7. The molecule has 0 saturated carbocycles. The number of amides is 1. The number of nitro groups is 1. The van der Waals surface area contributed by atoms with Crippen LogP contribution in [0.3, 0.4) is 0 Å². The number of anilines is 1. The summed E-state index contributed by atoms with van der Waals surface area (Å²) in [7, 11) is 0. The number of nitrogens with zero attached hydrogens (tertiary/aromatic N) is 3. The maximum absolute atomic E-state index is 13.4. The Kier molecular flexibility index (Phi) is 4.87. The summed E-state index contributed by atoms with van der Waals surface area (Å²) in [6.45, 7) is 1.68. The summed E-state index contributed by atoms with van der Waals surface area (Å²) >= 11 is 5.82. The van der Waals surface area contributed by atoms with Gasteiger partial charge in [-0.3, -0.25) is 14.9 Å². The standard InChI is InChI=1S/C17H11ClF2N4O3/c1-9-6-16(21-17(25)12-7-14(19)15(20)8-13(12)18)23(22-9)10-2-4-11(5-3-10)24(26)27/h2-8H,1H3,(H,21,25). The topological polar surface area (TPSA) is 90.1 Å². The van der Waals surface area contributed by atoms with Gasteiger partial charge in [-0.15, -0.1) is 0 Å². The summed E-state index contributed by atoms with van der Waals surface area (Å²) < 4.78 is 28.0. The Morgan fingerprint density at radius 2 is 1.81 bits per heavy atom. The zero-order valence-electron chi connectivity index (χ0n) is 13.7. The maximum Gasteiger partial charge on any atom is 0.269 e. The summed E-state index contributed by atoms with van der Waals surface area (Å²) in [5.74, 6) is -2.90. The fourth-order valence-corrected chi connectivity index (χ4v) is 2.62. The zero-order valence-corrected chi connectivity index (χ0v) is 14.5. The third-order valence-electron chi connectivity index (χ3n) is 3.63. The molecule has 0 aliphatic carbocycles. The number of rotatable bonds is 4. The maximum atomic E-state index is 13.4. The van der Waals surface area contributed by atoms with Gasteiger partial charge < -0.3 is 5.32 Å². The quantitative estimate of drug-likeness (QED) is 0.408. The van der Waals surface area contributed by atoms with E-state index in [2.05, 4.69) is 10.4 Å². The van der Waals surface area contributed by atoms with E-state index in [1.807, 2.05) is 0 Å². The van der Waals surface area contributed by atoms with Crippen LogP contribution in [-0.4, -0.2) is 20.6 Å². The van der Waals surface area contributed by atoms with E-state index in [4.69, 9.17) is 11.6 Å². The highest BCUT2D eigenvalue weighted by Gasteiger charge is 2.18. The number of benzene rings is 2. The molecule has 0 bridgehead atoms. The van der Waals surface area contributed by atoms with Gasteiger partial charge in [0.1, 0.15) is 5.82 Å². The predicted molar refractivity (Wildman–Crippen MR) is 94.3 cm³/mol. The molecule has 0 atom stereocenters. The van der Waals surface area contributed by atoms with Crippen LogP contribution in [0.2, 0.25) is 5.02 Å². The molecule has 2 aromatic carbocycles. The van der Waals surface area contributed by atoms with Crippen molar-refractivity contribution in [1.29, 1.82) is 0 Å². The van der Waals surface area contributed by atoms with E-state index in [1.54, 1.807) is 13.0 Å². The number of carbonyl (C=O) groups excluding carboxylic acids is 1. The number of hydrogen-bond acceptors (Lipinski definition) is 4. The monoisotopic (exact) mass is 392 g/mol. The van der Waals surface area contributed by atoms with Crippen LogP contribution in [0.4, 0.5) is 20.3 Å². The number of nitro benzene ring substituents is 1. The van der Waals surface area contributed by atoms with Gasteiger partial charge in [-0.05, 0) is 31.2 Å². The van der Waals surface area contributed by atoms with Gasteiger partial charge >= 0.3 is 0 Å². The third-order valence-corrected chi connectivity index (χ3v) is 3.95. The van der Waals surface area contributed by atoms with E-state index in [0.29, 0.717) is 23.5 Å². The summed E-state index contributed by atoms with van der Waals surface area (Å²) in [5.41, 5.74) is 0.673. The van der Waals surface area contributed by atoms with Gasteiger partial charge in [0.05, 0.1) is 26.9 Å². The molecule has 0 unspecified atom stereocenters. The molecule has 0 fully saturated rings. The van der Waals surface area contributed by atoms with Gasteiger partial charge in [0, 0.05) is 18.2 Å². The first-order valence-corrected chi connectivity index (χ1v) is 7.91. The van der Waals surface area contributed by atoms with Gasteiger partial charge in [-0.2, -0.15) is 5.10 Å². The predicted octanol–water partition coefficient (Wildman–Crippen LogP) is 4.27. The second-order valence-electron chi connectivity index (χ2n) is 5.56. The van der Waals surface area contributed by atoms with Crippen molar-refractivity contribution in [3.05, 3.63) is 80.5 Å². The first-order valence-electron chi connectivity index (χ1n) is 7.53. The van der Waals surface area contributed by atoms with Crippen LogP contribution >= 0.6 is 11.6 Å². The number of aryl methyl sites for hydroxylation is 1. The Morgan fingerprint density at radius 3 is 2.44 bits per heavy atom. The van der Waals surface area contributed by atoms with Crippen molar-refractivity contribution < 1.29 is 18.5 Å². The number of halogens is 3. The van der Waals surface area contributed by atoms with Crippen LogP contribution < -0.4 is 5.32 Å². The van der Waals surface area contributed by atoms with Crippen molar-refractivity contribution in [3.63, 3.8) is 0 Å². The molecule has 3 rings (SSSR count). The Labute approximate surface area is 156 Å². The molecule has 1 heterocycles. The van der Waals surface area contributed by atoms with Crippen molar-refractivity contribution in [1.82, 2.24) is 9.78 Å². The lowest BCUT2D eigenvalue weighted by molar-refractivity contribution is -0.384. The average molecular weight is 393 g/mol. The summed E-state index contributed by atoms with van der Waals surface area (Å²) in [5, 5.41) is 17.3. The summed E-state index contributed by atoms with van der Waals surface area (Å²) in [6, 6.07) is 8.48. The van der Waals surface area contributed by atoms with Crippen molar-refractivity contribution in [2.45, 2.75) is 6.92 Å². The molecular formula is C17H11ClF2N4O3. The largest absolute Gasteiger partial charge is 0.306 e. The molecule has 138 valence electrons. The van der Waals surface area contributed by atoms with Gasteiger partial charge in [0.2, 0.25) is 0 Å². The Bertz CT molecular complexity index is 1050. The van der Waals surface area contributed by atoms with Crippen LogP contribution in [0.1, 0.15) is 16.1 Å². The second-order valence-corrected chi connectivity index (χ2v) is 5.96. The Morgan fingerprint density at radius 1 is 1.19 bits per heavy atom. The van der Waals surface area contributed by atoms with E-state index in [1.165, 1.54) is 28.9 Å². The first kappa shape index (κ1) is 18.5. The highest BCUT2D eigenvalue weighted by atomic mass is 35.5. The molecule has 7 nitrogen and oxygen atoms in total. The first-order chi connectivity index (χ1) is 12.8. The van der Waals surface area contributed by atoms with Crippen LogP contribution in [0.5, 0.6) is 0 Å². The van der Waals surface area contributed by atoms with Gasteiger partial charge in [-0.1, -0.05) is 11.6 Å². The SMILES string of the molecule is Cc1cc(NC(=O)c2cc(F)c(F)cc2Cl)n(-c2ccc([N+](=O)[O-])cc2)n1. The molecule has 0 aliphatic rings. The van der Waals surface area contributed by atoms with Crippen LogP contribution in [-0.2, 0) is 0 Å². The minimum Gasteiger partial charge on any atom is -0.306 e. The van der Waals surface area contributed by atoms with Crippen molar-refractivity contribution >= 4 is 29.0 Å². The van der Waals surface area contributed by atoms with E-state index >= 15 is 0 Å². The Balaban J connectivity index is 1.93. The molecule has 0 saturated heterocycles. The molecule has 0 aliphatic heterocycles. The van der Waals surface area contributed by atoms with Gasteiger partial charge in [-0.25, -0.2) is 13.5 Å². The fourth-order valence-electron chi connectivity index (χ4n) is 2.38. The molecule has 1 aromatic heterocycles. The van der Waals surface area contributed by atoms with Crippen LogP contribution in [0.25, 0.3) is 5.69 Å². The van der Waals surface area contributed by atoms with Crippen molar-refractivity contribution in [3.8, 4) is 5.69 Å². The van der Waals surface area contributed by atoms with E-state index in [-0.39, 0.29) is 22.1 Å². The van der Waals surface area contributed by atoms with Crippen molar-refractivity contribution in [2.75, 3.05) is 5.32 Å². The number of carbonyl (C=O) groups is 1. The highest BCUT2D eigenvalue weighted by molar-refractivity contribution is 6.34. The number of non-ortho nitro benzene ring substituents is 1. The number of hydrogen-bond donors (Lipinski definition) is 1. The van der Waals surface area contributed by atoms with E-state index < -0.39 is 22.5 Å². The minimum atomic E-state index is -1.20. The smallest absolute Gasteiger partial charge is 0.269 e. The molecule has 0 spiro atoms. The molecule has 27 heavy (non-hydrogen) atoms. The highest BCUT2D eigenvalue weighted by Crippen LogP contribution is 2.24. The number of aromatic nitrogens is 2. The van der Waals surface area contributed by atoms with E-state index in [9.17, 15) is 23.7 Å².